The molecule has 1 aliphatic heterocycles. The predicted octanol–water partition coefficient (Wildman–Crippen LogP) is 3.93. The first-order chi connectivity index (χ1) is 11.0. The zero-order valence-electron chi connectivity index (χ0n) is 13.3. The third-order valence-electron chi connectivity index (χ3n) is 5.37. The Hall–Kier alpha value is -0.770. The standard InChI is InChI=1S/C18H23Cl2NO2/c1-11-8-15(4-5-17(11)22)21-7-6-13(18(21)23)9-12-2-3-14(19)10-16(12)20/h2-3,10-11,13,15,17,22H,4-9H2,1H3/t11-,13?,15?,17+/m0/s1. The summed E-state index contributed by atoms with van der Waals surface area (Å²) in [4.78, 5) is 14.8. The van der Waals surface area contributed by atoms with Gasteiger partial charge in [-0.3, -0.25) is 4.79 Å². The number of nitrogens with zero attached hydrogens (tertiary/aromatic N) is 1. The number of hydrogen-bond donors (Lipinski definition) is 1. The van der Waals surface area contributed by atoms with Crippen molar-refractivity contribution >= 4 is 29.1 Å². The second kappa shape index (κ2) is 7.00. The molecular weight excluding hydrogens is 333 g/mol. The van der Waals surface area contributed by atoms with Gasteiger partial charge in [-0.1, -0.05) is 36.2 Å². The number of aliphatic hydroxyl groups excluding tert-OH is 1. The van der Waals surface area contributed by atoms with Crippen LogP contribution in [0.4, 0.5) is 0 Å². The largest absolute Gasteiger partial charge is 0.393 e. The molecule has 3 rings (SSSR count). The summed E-state index contributed by atoms with van der Waals surface area (Å²) in [5, 5.41) is 11.1. The van der Waals surface area contributed by atoms with Crippen molar-refractivity contribution in [3.63, 3.8) is 0 Å². The van der Waals surface area contributed by atoms with Crippen molar-refractivity contribution < 1.29 is 9.90 Å². The minimum Gasteiger partial charge on any atom is -0.393 e. The van der Waals surface area contributed by atoms with Crippen LogP contribution in [0.15, 0.2) is 18.2 Å². The molecule has 0 radical (unpaired) electrons. The van der Waals surface area contributed by atoms with Crippen LogP contribution < -0.4 is 0 Å². The van der Waals surface area contributed by atoms with Crippen LogP contribution in [0.1, 0.15) is 38.2 Å². The van der Waals surface area contributed by atoms with E-state index in [0.29, 0.717) is 16.5 Å². The lowest BCUT2D eigenvalue weighted by atomic mass is 9.84. The molecule has 1 saturated carbocycles. The summed E-state index contributed by atoms with van der Waals surface area (Å²) in [5.74, 6) is 0.520. The highest BCUT2D eigenvalue weighted by Gasteiger charge is 2.38. The van der Waals surface area contributed by atoms with Crippen molar-refractivity contribution in [3.05, 3.63) is 33.8 Å². The van der Waals surface area contributed by atoms with Gasteiger partial charge in [0.25, 0.3) is 0 Å². The number of carbonyl (C=O) groups excluding carboxylic acids is 1. The number of benzene rings is 1. The molecule has 1 saturated heterocycles. The van der Waals surface area contributed by atoms with Crippen LogP contribution >= 0.6 is 23.2 Å². The van der Waals surface area contributed by atoms with Crippen molar-refractivity contribution in [2.45, 2.75) is 51.2 Å². The highest BCUT2D eigenvalue weighted by molar-refractivity contribution is 6.35. The summed E-state index contributed by atoms with van der Waals surface area (Å²) < 4.78 is 0. The van der Waals surface area contributed by atoms with Crippen molar-refractivity contribution in [3.8, 4) is 0 Å². The molecule has 126 valence electrons. The maximum atomic E-state index is 12.8. The van der Waals surface area contributed by atoms with E-state index in [2.05, 4.69) is 6.92 Å². The van der Waals surface area contributed by atoms with Gasteiger partial charge >= 0.3 is 0 Å². The molecular formula is C18H23Cl2NO2. The number of hydrogen-bond acceptors (Lipinski definition) is 2. The van der Waals surface area contributed by atoms with Gasteiger partial charge in [-0.05, 0) is 55.7 Å². The second-order valence-electron chi connectivity index (χ2n) is 6.97. The molecule has 1 N–H and O–H groups in total. The quantitative estimate of drug-likeness (QED) is 0.891. The van der Waals surface area contributed by atoms with Gasteiger partial charge in [0.05, 0.1) is 6.10 Å². The van der Waals surface area contributed by atoms with Crippen LogP contribution in [0.5, 0.6) is 0 Å². The van der Waals surface area contributed by atoms with E-state index >= 15 is 0 Å². The molecule has 0 spiro atoms. The Morgan fingerprint density at radius 3 is 2.74 bits per heavy atom. The average molecular weight is 356 g/mol. The summed E-state index contributed by atoms with van der Waals surface area (Å²) in [6.07, 6.45) is 3.95. The normalized spacial score (nSPS) is 31.7. The summed E-state index contributed by atoms with van der Waals surface area (Å²) in [5.41, 5.74) is 0.990. The molecule has 1 aromatic carbocycles. The van der Waals surface area contributed by atoms with Gasteiger partial charge in [-0.25, -0.2) is 0 Å². The molecule has 2 fully saturated rings. The van der Waals surface area contributed by atoms with Gasteiger partial charge in [-0.2, -0.15) is 0 Å². The minimum atomic E-state index is -0.215. The minimum absolute atomic E-state index is 0.0100. The number of halogens is 2. The monoisotopic (exact) mass is 355 g/mol. The molecule has 1 aromatic rings. The van der Waals surface area contributed by atoms with Gasteiger partial charge in [0.1, 0.15) is 0 Å². The molecule has 2 aliphatic rings. The molecule has 0 bridgehead atoms. The van der Waals surface area contributed by atoms with E-state index in [1.165, 1.54) is 0 Å². The number of rotatable bonds is 3. The Balaban J connectivity index is 1.65. The van der Waals surface area contributed by atoms with Crippen LogP contribution in [0.25, 0.3) is 0 Å². The molecule has 3 nitrogen and oxygen atoms in total. The van der Waals surface area contributed by atoms with Gasteiger partial charge < -0.3 is 10.0 Å². The maximum absolute atomic E-state index is 12.8. The molecule has 23 heavy (non-hydrogen) atoms. The molecule has 1 heterocycles. The van der Waals surface area contributed by atoms with E-state index in [-0.39, 0.29) is 29.9 Å². The zero-order valence-corrected chi connectivity index (χ0v) is 14.9. The Bertz CT molecular complexity index is 592. The van der Waals surface area contributed by atoms with Crippen LogP contribution in [-0.2, 0) is 11.2 Å². The first-order valence-electron chi connectivity index (χ1n) is 8.38. The summed E-state index contributed by atoms with van der Waals surface area (Å²) in [7, 11) is 0. The fourth-order valence-electron chi connectivity index (χ4n) is 3.90. The average Bonchev–Trinajstić information content (AvgIpc) is 2.86. The highest BCUT2D eigenvalue weighted by atomic mass is 35.5. The van der Waals surface area contributed by atoms with E-state index in [1.807, 2.05) is 17.0 Å². The summed E-state index contributed by atoms with van der Waals surface area (Å²) >= 11 is 12.2. The lowest BCUT2D eigenvalue weighted by molar-refractivity contribution is -0.134. The van der Waals surface area contributed by atoms with Crippen LogP contribution in [0, 0.1) is 11.8 Å². The summed E-state index contributed by atoms with van der Waals surface area (Å²) in [6, 6.07) is 5.76. The third kappa shape index (κ3) is 3.67. The highest BCUT2D eigenvalue weighted by Crippen LogP contribution is 2.34. The van der Waals surface area contributed by atoms with Crippen molar-refractivity contribution in [2.75, 3.05) is 6.54 Å². The third-order valence-corrected chi connectivity index (χ3v) is 5.96. The maximum Gasteiger partial charge on any atom is 0.226 e. The number of amides is 1. The number of likely N-dealkylation sites (tertiary alicyclic amines) is 1. The SMILES string of the molecule is C[C@H]1CC(N2CCC(Cc3ccc(Cl)cc3Cl)C2=O)CC[C@H]1O. The fraction of sp³-hybridized carbons (Fsp3) is 0.611. The second-order valence-corrected chi connectivity index (χ2v) is 7.81. The van der Waals surface area contributed by atoms with E-state index in [4.69, 9.17) is 23.2 Å². The lowest BCUT2D eigenvalue weighted by Gasteiger charge is -2.36. The van der Waals surface area contributed by atoms with Gasteiger partial charge in [0, 0.05) is 28.5 Å². The van der Waals surface area contributed by atoms with Crippen molar-refractivity contribution in [1.82, 2.24) is 4.90 Å². The van der Waals surface area contributed by atoms with Gasteiger partial charge in [0.2, 0.25) is 5.91 Å². The topological polar surface area (TPSA) is 40.5 Å². The van der Waals surface area contributed by atoms with Gasteiger partial charge in [-0.15, -0.1) is 0 Å². The van der Waals surface area contributed by atoms with E-state index in [1.54, 1.807) is 6.07 Å². The van der Waals surface area contributed by atoms with Crippen LogP contribution in [-0.4, -0.2) is 34.6 Å². The Morgan fingerprint density at radius 2 is 2.04 bits per heavy atom. The molecule has 5 heteroatoms. The van der Waals surface area contributed by atoms with Crippen LogP contribution in [0.3, 0.4) is 0 Å². The summed E-state index contributed by atoms with van der Waals surface area (Å²) in [6.45, 7) is 2.89. The molecule has 0 aromatic heterocycles. The fourth-order valence-corrected chi connectivity index (χ4v) is 4.39. The molecule has 1 aliphatic carbocycles. The number of aliphatic hydroxyl groups is 1. The van der Waals surface area contributed by atoms with E-state index in [0.717, 1.165) is 37.8 Å². The van der Waals surface area contributed by atoms with Crippen LogP contribution in [0.2, 0.25) is 10.0 Å². The zero-order chi connectivity index (χ0) is 16.6. The molecule has 4 atom stereocenters. The first kappa shape index (κ1) is 17.1. The Morgan fingerprint density at radius 1 is 1.26 bits per heavy atom. The number of carbonyl (C=O) groups is 1. The van der Waals surface area contributed by atoms with E-state index < -0.39 is 0 Å². The Labute approximate surface area is 147 Å². The predicted molar refractivity (Wildman–Crippen MR) is 92.8 cm³/mol. The van der Waals surface area contributed by atoms with Gasteiger partial charge in [0.15, 0.2) is 0 Å². The first-order valence-corrected chi connectivity index (χ1v) is 9.13. The Kier molecular flexibility index (Phi) is 5.19. The smallest absolute Gasteiger partial charge is 0.226 e. The van der Waals surface area contributed by atoms with E-state index in [9.17, 15) is 9.90 Å². The lowest BCUT2D eigenvalue weighted by Crippen LogP contribution is -2.43. The van der Waals surface area contributed by atoms with Crippen molar-refractivity contribution in [2.24, 2.45) is 11.8 Å². The van der Waals surface area contributed by atoms with Crippen molar-refractivity contribution in [1.29, 1.82) is 0 Å². The molecule has 2 unspecified atom stereocenters. The molecule has 1 amide bonds.